The number of nitrogens with zero attached hydrogens (tertiary/aromatic N) is 4. The number of nitrogens with one attached hydrogen (secondary N) is 1. The molecule has 4 rings (SSSR count). The monoisotopic (exact) mass is 429 g/mol. The largest absolute Gasteiger partial charge is 0.325 e. The van der Waals surface area contributed by atoms with Crippen LogP contribution in [0.2, 0.25) is 5.02 Å². The molecule has 29 heavy (non-hydrogen) atoms. The summed E-state index contributed by atoms with van der Waals surface area (Å²) >= 11 is 6.97. The molecule has 0 aliphatic heterocycles. The van der Waals surface area contributed by atoms with Crippen LogP contribution in [0.5, 0.6) is 0 Å². The number of anilines is 1. The number of carbonyl (C=O) groups is 1. The maximum atomic E-state index is 13.5. The number of amides is 1. The average molecular weight is 430 g/mol. The first-order valence-electron chi connectivity index (χ1n) is 8.42. The van der Waals surface area contributed by atoms with Gasteiger partial charge in [-0.25, -0.2) is 4.39 Å². The number of aromatic nitrogens is 4. The third-order valence-electron chi connectivity index (χ3n) is 3.99. The van der Waals surface area contributed by atoms with Crippen molar-refractivity contribution in [3.63, 3.8) is 0 Å². The van der Waals surface area contributed by atoms with E-state index in [4.69, 9.17) is 11.6 Å². The fourth-order valence-electron chi connectivity index (χ4n) is 2.65. The van der Waals surface area contributed by atoms with Crippen LogP contribution in [-0.4, -0.2) is 30.8 Å². The van der Waals surface area contributed by atoms with Crippen LogP contribution in [0.1, 0.15) is 0 Å². The molecule has 2 aromatic heterocycles. The Labute approximate surface area is 173 Å². The molecule has 0 aliphatic rings. The maximum Gasteiger partial charge on any atom is 0.300 e. The van der Waals surface area contributed by atoms with Gasteiger partial charge in [0.25, 0.3) is 0 Å². The van der Waals surface area contributed by atoms with E-state index in [2.05, 4.69) is 15.5 Å². The predicted octanol–water partition coefficient (Wildman–Crippen LogP) is 3.40. The Hall–Kier alpha value is -3.17. The predicted molar refractivity (Wildman–Crippen MR) is 109 cm³/mol. The van der Waals surface area contributed by atoms with Crippen molar-refractivity contribution in [3.8, 4) is 5.69 Å². The Morgan fingerprint density at radius 3 is 2.69 bits per heavy atom. The van der Waals surface area contributed by atoms with Crippen LogP contribution >= 0.6 is 23.4 Å². The molecule has 0 unspecified atom stereocenters. The molecule has 4 aromatic rings. The fourth-order valence-corrected chi connectivity index (χ4v) is 3.50. The lowest BCUT2D eigenvalue weighted by atomic mass is 10.3. The first-order chi connectivity index (χ1) is 14.0. The van der Waals surface area contributed by atoms with E-state index in [0.717, 1.165) is 11.8 Å². The van der Waals surface area contributed by atoms with E-state index < -0.39 is 11.4 Å². The number of carbonyl (C=O) groups excluding carboxylic acids is 1. The zero-order valence-electron chi connectivity index (χ0n) is 14.8. The quantitative estimate of drug-likeness (QED) is 0.492. The van der Waals surface area contributed by atoms with Crippen LogP contribution < -0.4 is 10.9 Å². The van der Waals surface area contributed by atoms with Crippen molar-refractivity contribution in [1.82, 2.24) is 19.2 Å². The van der Waals surface area contributed by atoms with Gasteiger partial charge in [0, 0.05) is 23.1 Å². The summed E-state index contributed by atoms with van der Waals surface area (Å²) in [4.78, 5) is 24.8. The van der Waals surface area contributed by atoms with E-state index in [1.54, 1.807) is 36.5 Å². The van der Waals surface area contributed by atoms with Gasteiger partial charge in [0.15, 0.2) is 5.16 Å². The lowest BCUT2D eigenvalue weighted by Crippen LogP contribution is -2.20. The summed E-state index contributed by atoms with van der Waals surface area (Å²) in [7, 11) is 0. The van der Waals surface area contributed by atoms with Crippen molar-refractivity contribution in [3.05, 3.63) is 82.1 Å². The van der Waals surface area contributed by atoms with Crippen molar-refractivity contribution < 1.29 is 9.18 Å². The first-order valence-corrected chi connectivity index (χ1v) is 9.78. The van der Waals surface area contributed by atoms with E-state index in [-0.39, 0.29) is 17.3 Å². The molecule has 0 fully saturated rings. The van der Waals surface area contributed by atoms with Gasteiger partial charge >= 0.3 is 5.56 Å². The summed E-state index contributed by atoms with van der Waals surface area (Å²) < 4.78 is 16.2. The molecule has 0 saturated heterocycles. The molecule has 1 amide bonds. The molecular formula is C19H13ClFN5O2S. The summed E-state index contributed by atoms with van der Waals surface area (Å²) in [5.41, 5.74) is 0.654. The van der Waals surface area contributed by atoms with E-state index in [1.165, 1.54) is 33.4 Å². The van der Waals surface area contributed by atoms with E-state index >= 15 is 0 Å². The van der Waals surface area contributed by atoms with Gasteiger partial charge < -0.3 is 5.32 Å². The summed E-state index contributed by atoms with van der Waals surface area (Å²) in [6.07, 6.45) is 3.10. The molecule has 0 spiro atoms. The van der Waals surface area contributed by atoms with E-state index in [1.807, 2.05) is 0 Å². The van der Waals surface area contributed by atoms with Gasteiger partial charge in [0.1, 0.15) is 5.82 Å². The molecule has 0 atom stereocenters. The second-order valence-corrected chi connectivity index (χ2v) is 7.35. The highest BCUT2D eigenvalue weighted by atomic mass is 35.5. The Morgan fingerprint density at radius 1 is 1.14 bits per heavy atom. The topological polar surface area (TPSA) is 81.3 Å². The van der Waals surface area contributed by atoms with Gasteiger partial charge in [0.05, 0.1) is 11.4 Å². The summed E-state index contributed by atoms with van der Waals surface area (Å²) in [5, 5.41) is 11.6. The second kappa shape index (κ2) is 8.06. The van der Waals surface area contributed by atoms with E-state index in [0.29, 0.717) is 21.6 Å². The minimum Gasteiger partial charge on any atom is -0.325 e. The molecule has 0 saturated carbocycles. The fraction of sp³-hybridized carbons (Fsp3) is 0.0526. The molecule has 2 heterocycles. The minimum absolute atomic E-state index is 0.0798. The van der Waals surface area contributed by atoms with Crippen molar-refractivity contribution in [1.29, 1.82) is 0 Å². The SMILES string of the molecule is O=C(CSc1nnc2c(=O)n(-c3cccc(F)c3)ccn12)Nc1ccc(Cl)cc1. The van der Waals surface area contributed by atoms with Gasteiger partial charge in [-0.3, -0.25) is 18.6 Å². The molecular weight excluding hydrogens is 417 g/mol. The van der Waals surface area contributed by atoms with Gasteiger partial charge in [-0.1, -0.05) is 29.4 Å². The lowest BCUT2D eigenvalue weighted by molar-refractivity contribution is -0.113. The highest BCUT2D eigenvalue weighted by Gasteiger charge is 2.14. The minimum atomic E-state index is -0.446. The summed E-state index contributed by atoms with van der Waals surface area (Å²) in [5.74, 6) is -0.600. The summed E-state index contributed by atoms with van der Waals surface area (Å²) in [6, 6.07) is 12.5. The van der Waals surface area contributed by atoms with Gasteiger partial charge in [0.2, 0.25) is 11.6 Å². The maximum absolute atomic E-state index is 13.5. The smallest absolute Gasteiger partial charge is 0.300 e. The molecule has 0 radical (unpaired) electrons. The Bertz CT molecular complexity index is 1260. The van der Waals surface area contributed by atoms with Crippen LogP contribution in [0, 0.1) is 5.82 Å². The third-order valence-corrected chi connectivity index (χ3v) is 5.18. The Kier molecular flexibility index (Phi) is 5.32. The van der Waals surface area contributed by atoms with Crippen LogP contribution in [-0.2, 0) is 4.79 Å². The van der Waals surface area contributed by atoms with Crippen molar-refractivity contribution in [2.24, 2.45) is 0 Å². The molecule has 10 heteroatoms. The van der Waals surface area contributed by atoms with Crippen molar-refractivity contribution in [2.45, 2.75) is 5.16 Å². The van der Waals surface area contributed by atoms with Crippen LogP contribution in [0.4, 0.5) is 10.1 Å². The van der Waals surface area contributed by atoms with Crippen molar-refractivity contribution >= 4 is 40.6 Å². The Balaban J connectivity index is 1.52. The standard InChI is InChI=1S/C19H13ClFN5O2S/c20-12-4-6-14(7-5-12)22-16(27)11-29-19-24-23-17-18(28)25(8-9-26(17)19)15-3-1-2-13(21)10-15/h1-10H,11H2,(H,22,27). The van der Waals surface area contributed by atoms with E-state index in [9.17, 15) is 14.0 Å². The van der Waals surface area contributed by atoms with Crippen LogP contribution in [0.15, 0.2) is 70.9 Å². The zero-order chi connectivity index (χ0) is 20.4. The molecule has 2 aromatic carbocycles. The summed E-state index contributed by atoms with van der Waals surface area (Å²) in [6.45, 7) is 0. The highest BCUT2D eigenvalue weighted by molar-refractivity contribution is 7.99. The van der Waals surface area contributed by atoms with Crippen molar-refractivity contribution in [2.75, 3.05) is 11.1 Å². The Morgan fingerprint density at radius 2 is 1.93 bits per heavy atom. The molecule has 7 nitrogen and oxygen atoms in total. The number of halogens is 2. The number of hydrogen-bond acceptors (Lipinski definition) is 5. The average Bonchev–Trinajstić information content (AvgIpc) is 3.12. The third kappa shape index (κ3) is 4.15. The van der Waals surface area contributed by atoms with Gasteiger partial charge in [-0.05, 0) is 42.5 Å². The van der Waals surface area contributed by atoms with Crippen LogP contribution in [0.25, 0.3) is 11.3 Å². The van der Waals surface area contributed by atoms with Gasteiger partial charge in [-0.15, -0.1) is 10.2 Å². The van der Waals surface area contributed by atoms with Crippen LogP contribution in [0.3, 0.4) is 0 Å². The molecule has 0 aliphatic carbocycles. The number of hydrogen-bond donors (Lipinski definition) is 1. The molecule has 1 N–H and O–H groups in total. The lowest BCUT2D eigenvalue weighted by Gasteiger charge is -2.07. The normalized spacial score (nSPS) is 11.0. The highest BCUT2D eigenvalue weighted by Crippen LogP contribution is 2.18. The van der Waals surface area contributed by atoms with Gasteiger partial charge in [-0.2, -0.15) is 0 Å². The molecule has 146 valence electrons. The second-order valence-electron chi connectivity index (χ2n) is 5.97. The number of rotatable bonds is 5. The molecule has 0 bridgehead atoms. The number of fused-ring (bicyclic) bond motifs is 1. The number of thioether (sulfide) groups is 1. The zero-order valence-corrected chi connectivity index (χ0v) is 16.3. The first kappa shape index (κ1) is 19.2. The number of benzene rings is 2.